The third kappa shape index (κ3) is 3.65. The van der Waals surface area contributed by atoms with Crippen LogP contribution in [0.15, 0.2) is 35.2 Å². The zero-order valence-electron chi connectivity index (χ0n) is 20.7. The van der Waals surface area contributed by atoms with Crippen LogP contribution in [0.2, 0.25) is 18.1 Å². The molecule has 4 heteroatoms. The Kier molecular flexibility index (Phi) is 5.80. The zero-order chi connectivity index (χ0) is 22.8. The van der Waals surface area contributed by atoms with Gasteiger partial charge in [0.15, 0.2) is 8.32 Å². The Labute approximate surface area is 190 Å². The van der Waals surface area contributed by atoms with E-state index in [0.717, 1.165) is 37.7 Å². The molecule has 31 heavy (non-hydrogen) atoms. The molecular weight excluding hydrogens is 403 g/mol. The largest absolute Gasteiger partial charge is 0.414 e. The minimum atomic E-state index is -1.75. The van der Waals surface area contributed by atoms with E-state index in [9.17, 15) is 9.50 Å². The minimum Gasteiger partial charge on any atom is -0.414 e. The van der Waals surface area contributed by atoms with Gasteiger partial charge in [0.2, 0.25) is 0 Å². The van der Waals surface area contributed by atoms with Crippen LogP contribution < -0.4 is 0 Å². The second-order valence-electron chi connectivity index (χ2n) is 12.7. The Morgan fingerprint density at radius 1 is 1.19 bits per heavy atom. The fourth-order valence-electron chi connectivity index (χ4n) is 7.12. The second-order valence-corrected chi connectivity index (χ2v) is 17.5. The van der Waals surface area contributed by atoms with Crippen LogP contribution in [0.1, 0.15) is 73.1 Å². The van der Waals surface area contributed by atoms with E-state index in [2.05, 4.69) is 59.9 Å². The number of aliphatic hydroxyl groups excluding tert-OH is 1. The molecule has 0 heterocycles. The van der Waals surface area contributed by atoms with E-state index in [-0.39, 0.29) is 21.7 Å². The molecule has 4 rings (SSSR count). The molecule has 0 aromatic heterocycles. The summed E-state index contributed by atoms with van der Waals surface area (Å²) in [6.45, 7) is 16.0. The molecule has 0 spiro atoms. The highest BCUT2D eigenvalue weighted by Crippen LogP contribution is 2.65. The van der Waals surface area contributed by atoms with Gasteiger partial charge in [0.05, 0.1) is 6.61 Å². The van der Waals surface area contributed by atoms with Crippen molar-refractivity contribution in [2.45, 2.75) is 97.4 Å². The number of hydrogen-bond donors (Lipinski definition) is 1. The van der Waals surface area contributed by atoms with Gasteiger partial charge in [0, 0.05) is 11.5 Å². The third-order valence-electron chi connectivity index (χ3n) is 10.1. The summed E-state index contributed by atoms with van der Waals surface area (Å²) < 4.78 is 21.3. The van der Waals surface area contributed by atoms with Crippen LogP contribution in [-0.4, -0.2) is 26.1 Å². The summed E-state index contributed by atoms with van der Waals surface area (Å²) in [5.74, 6) is 1.29. The van der Waals surface area contributed by atoms with E-state index in [0.29, 0.717) is 23.9 Å². The van der Waals surface area contributed by atoms with Crippen LogP contribution in [0.5, 0.6) is 0 Å². The maximum absolute atomic E-state index is 14.4. The number of allylic oxidation sites excluding steroid dienone is 4. The van der Waals surface area contributed by atoms with Crippen molar-refractivity contribution in [1.29, 1.82) is 0 Å². The molecule has 6 atom stereocenters. The highest BCUT2D eigenvalue weighted by molar-refractivity contribution is 6.74. The summed E-state index contributed by atoms with van der Waals surface area (Å²) in [6.07, 6.45) is 13.9. The summed E-state index contributed by atoms with van der Waals surface area (Å²) in [5.41, 5.74) is 2.49. The van der Waals surface area contributed by atoms with Crippen molar-refractivity contribution >= 4 is 8.32 Å². The van der Waals surface area contributed by atoms with Gasteiger partial charge >= 0.3 is 0 Å². The van der Waals surface area contributed by atoms with Crippen molar-refractivity contribution in [3.8, 4) is 0 Å². The highest BCUT2D eigenvalue weighted by Gasteiger charge is 2.56. The maximum Gasteiger partial charge on any atom is 0.192 e. The molecule has 0 aromatic rings. The number of hydrogen-bond acceptors (Lipinski definition) is 2. The van der Waals surface area contributed by atoms with Gasteiger partial charge in [-0.3, -0.25) is 0 Å². The summed E-state index contributed by atoms with van der Waals surface area (Å²) in [5, 5.41) is 9.65. The van der Waals surface area contributed by atoms with E-state index in [1.54, 1.807) is 5.57 Å². The molecule has 174 valence electrons. The first-order chi connectivity index (χ1) is 14.3. The first-order valence-electron chi connectivity index (χ1n) is 12.4. The van der Waals surface area contributed by atoms with Crippen LogP contribution in [0.4, 0.5) is 4.39 Å². The molecule has 0 saturated heterocycles. The minimum absolute atomic E-state index is 0.154. The Morgan fingerprint density at radius 2 is 1.87 bits per heavy atom. The van der Waals surface area contributed by atoms with Gasteiger partial charge in [0.1, 0.15) is 5.83 Å². The lowest BCUT2D eigenvalue weighted by atomic mass is 9.47. The van der Waals surface area contributed by atoms with E-state index < -0.39 is 14.9 Å². The monoisotopic (exact) mass is 446 g/mol. The first-order valence-corrected chi connectivity index (χ1v) is 15.3. The molecular formula is C27H43FO2Si. The van der Waals surface area contributed by atoms with Crippen molar-refractivity contribution in [2.24, 2.45) is 28.6 Å². The first kappa shape index (κ1) is 23.4. The lowest BCUT2D eigenvalue weighted by molar-refractivity contribution is -0.0145. The van der Waals surface area contributed by atoms with Crippen LogP contribution in [-0.2, 0) is 4.43 Å². The number of rotatable bonds is 3. The molecule has 0 bridgehead atoms. The van der Waals surface area contributed by atoms with Gasteiger partial charge in [0.25, 0.3) is 0 Å². The van der Waals surface area contributed by atoms with Crippen LogP contribution in [0.25, 0.3) is 0 Å². The molecule has 4 aliphatic rings. The standard InChI is InChI=1S/C27H43FO2Si/c1-25(2,3)31(6,7)30-19-12-14-26(4)18(16-19)8-9-20-21-10-11-23(24(28)17-29)27(21,5)15-13-22(20)26/h8,10-11,19-22,29H,9,12-17H2,1-7H3/b24-23+/t19-,20?,21?,22?,26-,27-/m0/s1. The Bertz CT molecular complexity index is 820. The predicted octanol–water partition coefficient (Wildman–Crippen LogP) is 7.33. The SMILES string of the molecule is CC(C)(C)[Si](C)(C)O[C@H]1CC[C@@]2(C)C(=CCC3C2CC[C@]2(C)/C(=C(/F)CO)C=CC32)C1. The topological polar surface area (TPSA) is 29.5 Å². The fourth-order valence-corrected chi connectivity index (χ4v) is 8.51. The molecule has 4 aliphatic carbocycles. The molecule has 2 saturated carbocycles. The van der Waals surface area contributed by atoms with E-state index in [4.69, 9.17) is 4.43 Å². The summed E-state index contributed by atoms with van der Waals surface area (Å²) in [6, 6.07) is 0. The normalized spacial score (nSPS) is 41.9. The number of aliphatic hydroxyl groups is 1. The van der Waals surface area contributed by atoms with Gasteiger partial charge in [-0.2, -0.15) is 0 Å². The van der Waals surface area contributed by atoms with Crippen molar-refractivity contribution in [1.82, 2.24) is 0 Å². The van der Waals surface area contributed by atoms with Crippen molar-refractivity contribution in [2.75, 3.05) is 6.61 Å². The van der Waals surface area contributed by atoms with E-state index >= 15 is 0 Å². The Morgan fingerprint density at radius 3 is 2.52 bits per heavy atom. The summed E-state index contributed by atoms with van der Waals surface area (Å²) >= 11 is 0. The van der Waals surface area contributed by atoms with Crippen LogP contribution >= 0.6 is 0 Å². The second kappa shape index (κ2) is 7.67. The number of fused-ring (bicyclic) bond motifs is 5. The predicted molar refractivity (Wildman–Crippen MR) is 129 cm³/mol. The maximum atomic E-state index is 14.4. The van der Waals surface area contributed by atoms with Crippen molar-refractivity contribution in [3.05, 3.63) is 35.2 Å². The third-order valence-corrected chi connectivity index (χ3v) is 14.6. The highest BCUT2D eigenvalue weighted by atomic mass is 28.4. The van der Waals surface area contributed by atoms with Gasteiger partial charge < -0.3 is 9.53 Å². The molecule has 0 amide bonds. The number of halogens is 1. The molecule has 0 aliphatic heterocycles. The summed E-state index contributed by atoms with van der Waals surface area (Å²) in [7, 11) is -1.75. The quantitative estimate of drug-likeness (QED) is 0.363. The van der Waals surface area contributed by atoms with E-state index in [1.165, 1.54) is 6.42 Å². The molecule has 3 unspecified atom stereocenters. The van der Waals surface area contributed by atoms with Gasteiger partial charge in [-0.25, -0.2) is 4.39 Å². The zero-order valence-corrected chi connectivity index (χ0v) is 21.7. The average Bonchev–Trinajstić information content (AvgIpc) is 3.04. The molecule has 0 radical (unpaired) electrons. The van der Waals surface area contributed by atoms with Gasteiger partial charge in [-0.1, -0.05) is 58.4 Å². The van der Waals surface area contributed by atoms with Crippen LogP contribution in [0.3, 0.4) is 0 Å². The Balaban J connectivity index is 1.56. The molecule has 2 nitrogen and oxygen atoms in total. The smallest absolute Gasteiger partial charge is 0.192 e. The van der Waals surface area contributed by atoms with Crippen molar-refractivity contribution < 1.29 is 13.9 Å². The Hall–Kier alpha value is -0.713. The van der Waals surface area contributed by atoms with Gasteiger partial charge in [-0.05, 0) is 85.4 Å². The lowest BCUT2D eigenvalue weighted by Crippen LogP contribution is -2.51. The fraction of sp³-hybridized carbons (Fsp3) is 0.778. The van der Waals surface area contributed by atoms with Gasteiger partial charge in [-0.15, -0.1) is 0 Å². The average molecular weight is 447 g/mol. The molecule has 0 aromatic carbocycles. The molecule has 2 fully saturated rings. The lowest BCUT2D eigenvalue weighted by Gasteiger charge is -2.57. The van der Waals surface area contributed by atoms with Crippen LogP contribution in [0, 0.1) is 28.6 Å². The summed E-state index contributed by atoms with van der Waals surface area (Å²) in [4.78, 5) is 0. The van der Waals surface area contributed by atoms with Crippen molar-refractivity contribution in [3.63, 3.8) is 0 Å². The molecule has 1 N–H and O–H groups in total. The van der Waals surface area contributed by atoms with E-state index in [1.807, 2.05) is 6.08 Å².